The molecule has 0 unspecified atom stereocenters. The van der Waals surface area contributed by atoms with Crippen LogP contribution >= 0.6 is 0 Å². The molecule has 2 atom stereocenters. The number of hydrogen-bond acceptors (Lipinski definition) is 5. The summed E-state index contributed by atoms with van der Waals surface area (Å²) in [6.45, 7) is 4.20. The van der Waals surface area contributed by atoms with Crippen molar-refractivity contribution in [2.24, 2.45) is 5.92 Å². The molecule has 1 amide bonds. The average Bonchev–Trinajstić information content (AvgIpc) is 3.15. The van der Waals surface area contributed by atoms with Crippen molar-refractivity contribution in [3.05, 3.63) is 42.0 Å². The standard InChI is InChI=1S/C19H27N5O2/c1-4-24-17(8-10-22-24)18-14(6-5-11-26-18)12-21-19(25)15-13-20-9-7-16(15)23(2)3/h7-10,13-14,18H,4-6,11-12H2,1-3H3,(H,21,25)/t14-,18+/m0/s1. The van der Waals surface area contributed by atoms with Gasteiger partial charge in [-0.1, -0.05) is 0 Å². The summed E-state index contributed by atoms with van der Waals surface area (Å²) in [5.41, 5.74) is 2.53. The lowest BCUT2D eigenvalue weighted by Crippen LogP contribution is -2.36. The Labute approximate surface area is 154 Å². The fourth-order valence-electron chi connectivity index (χ4n) is 3.50. The lowest BCUT2D eigenvalue weighted by molar-refractivity contribution is -0.0321. The number of amides is 1. The highest BCUT2D eigenvalue weighted by atomic mass is 16.5. The number of ether oxygens (including phenoxy) is 1. The summed E-state index contributed by atoms with van der Waals surface area (Å²) >= 11 is 0. The molecule has 0 aromatic carbocycles. The van der Waals surface area contributed by atoms with E-state index in [4.69, 9.17) is 4.74 Å². The monoisotopic (exact) mass is 357 g/mol. The maximum Gasteiger partial charge on any atom is 0.254 e. The summed E-state index contributed by atoms with van der Waals surface area (Å²) in [5.74, 6) is 0.129. The number of nitrogens with one attached hydrogen (secondary N) is 1. The van der Waals surface area contributed by atoms with Crippen LogP contribution in [0.4, 0.5) is 5.69 Å². The van der Waals surface area contributed by atoms with Gasteiger partial charge in [-0.05, 0) is 31.9 Å². The van der Waals surface area contributed by atoms with Gasteiger partial charge in [-0.2, -0.15) is 5.10 Å². The number of carbonyl (C=O) groups is 1. The second-order valence-electron chi connectivity index (χ2n) is 6.76. The second-order valence-corrected chi connectivity index (χ2v) is 6.76. The number of carbonyl (C=O) groups excluding carboxylic acids is 1. The van der Waals surface area contributed by atoms with Gasteiger partial charge in [0.25, 0.3) is 5.91 Å². The first-order valence-corrected chi connectivity index (χ1v) is 9.14. The zero-order chi connectivity index (χ0) is 18.5. The van der Waals surface area contributed by atoms with Crippen LogP contribution in [-0.2, 0) is 11.3 Å². The molecule has 0 bridgehead atoms. The van der Waals surface area contributed by atoms with E-state index in [1.165, 1.54) is 0 Å². The van der Waals surface area contributed by atoms with Gasteiger partial charge in [0.05, 0.1) is 16.9 Å². The van der Waals surface area contributed by atoms with Crippen molar-refractivity contribution in [3.8, 4) is 0 Å². The van der Waals surface area contributed by atoms with Crippen LogP contribution in [0.5, 0.6) is 0 Å². The number of pyridine rings is 1. The Kier molecular flexibility index (Phi) is 5.88. The smallest absolute Gasteiger partial charge is 0.254 e. The molecule has 2 aromatic rings. The van der Waals surface area contributed by atoms with Crippen molar-refractivity contribution < 1.29 is 9.53 Å². The number of anilines is 1. The SMILES string of the molecule is CCn1nccc1[C@@H]1OCCC[C@H]1CNC(=O)c1cnccc1N(C)C. The molecule has 2 aromatic heterocycles. The van der Waals surface area contributed by atoms with Gasteiger partial charge in [-0.25, -0.2) is 0 Å². The van der Waals surface area contributed by atoms with E-state index >= 15 is 0 Å². The van der Waals surface area contributed by atoms with Crippen LogP contribution in [0.1, 0.15) is 41.9 Å². The number of aromatic nitrogens is 3. The summed E-state index contributed by atoms with van der Waals surface area (Å²) in [4.78, 5) is 18.7. The highest BCUT2D eigenvalue weighted by Crippen LogP contribution is 2.33. The van der Waals surface area contributed by atoms with Crippen molar-refractivity contribution >= 4 is 11.6 Å². The van der Waals surface area contributed by atoms with E-state index in [1.54, 1.807) is 12.4 Å². The summed E-state index contributed by atoms with van der Waals surface area (Å²) in [6.07, 6.45) is 7.12. The Morgan fingerprint density at radius 1 is 1.38 bits per heavy atom. The van der Waals surface area contributed by atoms with E-state index in [2.05, 4.69) is 22.3 Å². The number of hydrogen-bond donors (Lipinski definition) is 1. The van der Waals surface area contributed by atoms with E-state index in [1.807, 2.05) is 42.0 Å². The van der Waals surface area contributed by atoms with Crippen LogP contribution < -0.4 is 10.2 Å². The molecule has 7 heteroatoms. The molecule has 1 aliphatic heterocycles. The molecule has 1 aliphatic rings. The minimum absolute atomic E-state index is 0.0336. The van der Waals surface area contributed by atoms with Crippen LogP contribution in [0, 0.1) is 5.92 Å². The second kappa shape index (κ2) is 8.31. The first-order valence-electron chi connectivity index (χ1n) is 9.14. The van der Waals surface area contributed by atoms with Crippen LogP contribution in [0.25, 0.3) is 0 Å². The van der Waals surface area contributed by atoms with Crippen molar-refractivity contribution in [1.82, 2.24) is 20.1 Å². The van der Waals surface area contributed by atoms with Crippen molar-refractivity contribution in [2.75, 3.05) is 32.1 Å². The third kappa shape index (κ3) is 3.88. The Morgan fingerprint density at radius 2 is 2.23 bits per heavy atom. The van der Waals surface area contributed by atoms with Crippen LogP contribution in [-0.4, -0.2) is 47.9 Å². The highest BCUT2D eigenvalue weighted by molar-refractivity contribution is 5.99. The minimum atomic E-state index is -0.102. The topological polar surface area (TPSA) is 72.3 Å². The molecule has 0 aliphatic carbocycles. The maximum absolute atomic E-state index is 12.7. The first kappa shape index (κ1) is 18.4. The third-order valence-electron chi connectivity index (χ3n) is 4.83. The normalized spacial score (nSPS) is 20.0. The van der Waals surface area contributed by atoms with E-state index in [9.17, 15) is 4.79 Å². The van der Waals surface area contributed by atoms with E-state index in [0.717, 1.165) is 37.4 Å². The lowest BCUT2D eigenvalue weighted by Gasteiger charge is -2.32. The van der Waals surface area contributed by atoms with Crippen molar-refractivity contribution in [2.45, 2.75) is 32.4 Å². The summed E-state index contributed by atoms with van der Waals surface area (Å²) in [5, 5.41) is 7.43. The zero-order valence-electron chi connectivity index (χ0n) is 15.7. The Hall–Kier alpha value is -2.41. The number of aryl methyl sites for hydroxylation is 1. The lowest BCUT2D eigenvalue weighted by atomic mass is 9.92. The van der Waals surface area contributed by atoms with Crippen molar-refractivity contribution in [1.29, 1.82) is 0 Å². The summed E-state index contributed by atoms with van der Waals surface area (Å²) in [7, 11) is 3.84. The molecule has 0 spiro atoms. The number of nitrogens with zero attached hydrogens (tertiary/aromatic N) is 4. The molecular formula is C19H27N5O2. The highest BCUT2D eigenvalue weighted by Gasteiger charge is 2.30. The third-order valence-corrected chi connectivity index (χ3v) is 4.83. The van der Waals surface area contributed by atoms with Crippen LogP contribution in [0.2, 0.25) is 0 Å². The summed E-state index contributed by atoms with van der Waals surface area (Å²) in [6, 6.07) is 3.86. The number of rotatable bonds is 6. The molecule has 7 nitrogen and oxygen atoms in total. The predicted molar refractivity (Wildman–Crippen MR) is 100 cm³/mol. The molecule has 0 radical (unpaired) electrons. The van der Waals surface area contributed by atoms with Crippen LogP contribution in [0.3, 0.4) is 0 Å². The molecule has 0 saturated carbocycles. The Balaban J connectivity index is 1.70. The van der Waals surface area contributed by atoms with E-state index in [0.29, 0.717) is 12.1 Å². The first-order chi connectivity index (χ1) is 12.6. The van der Waals surface area contributed by atoms with E-state index < -0.39 is 0 Å². The molecule has 3 heterocycles. The van der Waals surface area contributed by atoms with Gasteiger partial charge in [-0.3, -0.25) is 14.5 Å². The molecular weight excluding hydrogens is 330 g/mol. The van der Waals surface area contributed by atoms with Gasteiger partial charge in [0.2, 0.25) is 0 Å². The maximum atomic E-state index is 12.7. The molecule has 1 N–H and O–H groups in total. The molecule has 1 fully saturated rings. The average molecular weight is 357 g/mol. The predicted octanol–water partition coefficient (Wildman–Crippen LogP) is 2.26. The van der Waals surface area contributed by atoms with E-state index in [-0.39, 0.29) is 17.9 Å². The fourth-order valence-corrected chi connectivity index (χ4v) is 3.50. The minimum Gasteiger partial charge on any atom is -0.377 e. The van der Waals surface area contributed by atoms with Gasteiger partial charge in [-0.15, -0.1) is 0 Å². The molecule has 26 heavy (non-hydrogen) atoms. The zero-order valence-corrected chi connectivity index (χ0v) is 15.7. The van der Waals surface area contributed by atoms with Crippen LogP contribution in [0.15, 0.2) is 30.7 Å². The fraction of sp³-hybridized carbons (Fsp3) is 0.526. The van der Waals surface area contributed by atoms with Crippen molar-refractivity contribution in [3.63, 3.8) is 0 Å². The van der Waals surface area contributed by atoms with Gasteiger partial charge < -0.3 is 15.0 Å². The van der Waals surface area contributed by atoms with Gasteiger partial charge in [0, 0.05) is 58.3 Å². The molecule has 1 saturated heterocycles. The Morgan fingerprint density at radius 3 is 3.00 bits per heavy atom. The largest absolute Gasteiger partial charge is 0.377 e. The summed E-state index contributed by atoms with van der Waals surface area (Å²) < 4.78 is 8.01. The van der Waals surface area contributed by atoms with Gasteiger partial charge in [0.1, 0.15) is 6.10 Å². The molecule has 140 valence electrons. The quantitative estimate of drug-likeness (QED) is 0.859. The van der Waals surface area contributed by atoms with Gasteiger partial charge in [0.15, 0.2) is 0 Å². The Bertz CT molecular complexity index is 743. The van der Waals surface area contributed by atoms with Gasteiger partial charge >= 0.3 is 0 Å². The molecule has 3 rings (SSSR count).